The van der Waals surface area contributed by atoms with E-state index in [-0.39, 0.29) is 42.0 Å². The van der Waals surface area contributed by atoms with Crippen LogP contribution in [0.1, 0.15) is 32.1 Å². The van der Waals surface area contributed by atoms with Crippen molar-refractivity contribution in [3.63, 3.8) is 0 Å². The van der Waals surface area contributed by atoms with Crippen molar-refractivity contribution in [3.8, 4) is 0 Å². The summed E-state index contributed by atoms with van der Waals surface area (Å²) in [6.45, 7) is 1.90. The second-order valence-corrected chi connectivity index (χ2v) is 7.39. The van der Waals surface area contributed by atoms with Crippen molar-refractivity contribution in [2.75, 3.05) is 19.6 Å². The van der Waals surface area contributed by atoms with Crippen molar-refractivity contribution in [1.29, 1.82) is 0 Å². The lowest BCUT2D eigenvalue weighted by Gasteiger charge is -2.38. The first kappa shape index (κ1) is 14.5. The summed E-state index contributed by atoms with van der Waals surface area (Å²) in [7, 11) is 0. The van der Waals surface area contributed by atoms with Crippen LogP contribution < -0.4 is 5.32 Å². The van der Waals surface area contributed by atoms with Gasteiger partial charge in [-0.2, -0.15) is 0 Å². The topological polar surface area (TPSA) is 78.9 Å². The van der Waals surface area contributed by atoms with Crippen LogP contribution in [0.25, 0.3) is 0 Å². The van der Waals surface area contributed by atoms with Gasteiger partial charge in [0.1, 0.15) is 0 Å². The molecule has 2 saturated carbocycles. The van der Waals surface area contributed by atoms with E-state index >= 15 is 0 Å². The van der Waals surface area contributed by atoms with Gasteiger partial charge in [0.15, 0.2) is 0 Å². The van der Waals surface area contributed by atoms with E-state index < -0.39 is 0 Å². The maximum absolute atomic E-state index is 12.4. The average Bonchev–Trinajstić information content (AvgIpc) is 3.25. The highest BCUT2D eigenvalue weighted by molar-refractivity contribution is 5.82. The summed E-state index contributed by atoms with van der Waals surface area (Å²) in [4.78, 5) is 26.6. The minimum absolute atomic E-state index is 0.00984. The lowest BCUT2D eigenvalue weighted by Crippen LogP contribution is -2.52. The van der Waals surface area contributed by atoms with E-state index in [1.807, 2.05) is 4.90 Å². The molecule has 3 unspecified atom stereocenters. The zero-order chi connectivity index (χ0) is 15.3. The Kier molecular flexibility index (Phi) is 3.61. The molecular formula is C16H24N2O4. The molecule has 2 saturated heterocycles. The molecule has 2 amide bonds. The number of fused-ring (bicyclic) bond motifs is 2. The summed E-state index contributed by atoms with van der Waals surface area (Å²) in [5.74, 6) is 0.743. The van der Waals surface area contributed by atoms with E-state index in [0.717, 1.165) is 13.0 Å². The second-order valence-electron chi connectivity index (χ2n) is 7.39. The van der Waals surface area contributed by atoms with Gasteiger partial charge in [-0.25, -0.2) is 0 Å². The van der Waals surface area contributed by atoms with Gasteiger partial charge in [-0.3, -0.25) is 9.59 Å². The van der Waals surface area contributed by atoms with Crippen molar-refractivity contribution in [3.05, 3.63) is 0 Å². The van der Waals surface area contributed by atoms with Crippen molar-refractivity contribution in [2.45, 2.75) is 50.4 Å². The lowest BCUT2D eigenvalue weighted by molar-refractivity contribution is -0.152. The predicted molar refractivity (Wildman–Crippen MR) is 77.8 cm³/mol. The molecule has 3 atom stereocenters. The molecule has 4 aliphatic rings. The van der Waals surface area contributed by atoms with Crippen LogP contribution in [0.5, 0.6) is 0 Å². The number of hydrogen-bond donors (Lipinski definition) is 2. The van der Waals surface area contributed by atoms with Crippen LogP contribution in [0.15, 0.2) is 0 Å². The molecule has 2 heterocycles. The molecule has 4 rings (SSSR count). The predicted octanol–water partition coefficient (Wildman–Crippen LogP) is -0.101. The molecule has 22 heavy (non-hydrogen) atoms. The number of morpholine rings is 1. The normalized spacial score (nSPS) is 40.2. The lowest BCUT2D eigenvalue weighted by atomic mass is 9.81. The van der Waals surface area contributed by atoms with Gasteiger partial charge in [-0.05, 0) is 38.0 Å². The number of nitrogens with one attached hydrogen (secondary N) is 1. The third-order valence-electron chi connectivity index (χ3n) is 5.53. The molecule has 0 aromatic carbocycles. The fraction of sp³-hybridized carbons (Fsp3) is 0.875. The second kappa shape index (κ2) is 5.49. The molecule has 2 bridgehead atoms. The maximum Gasteiger partial charge on any atom is 0.226 e. The largest absolute Gasteiger partial charge is 0.393 e. The molecule has 2 N–H and O–H groups in total. The minimum atomic E-state index is -0.312. The third-order valence-corrected chi connectivity index (χ3v) is 5.53. The average molecular weight is 308 g/mol. The molecule has 4 fully saturated rings. The Hall–Kier alpha value is -1.14. The monoisotopic (exact) mass is 308 g/mol. The Balaban J connectivity index is 1.33. The van der Waals surface area contributed by atoms with E-state index in [2.05, 4.69) is 5.32 Å². The van der Waals surface area contributed by atoms with E-state index in [1.54, 1.807) is 0 Å². The number of ether oxygens (including phenoxy) is 1. The number of aliphatic hydroxyl groups excluding tert-OH is 1. The Bertz CT molecular complexity index is 473. The van der Waals surface area contributed by atoms with E-state index in [4.69, 9.17) is 4.74 Å². The molecule has 6 heteroatoms. The van der Waals surface area contributed by atoms with Gasteiger partial charge >= 0.3 is 0 Å². The van der Waals surface area contributed by atoms with Gasteiger partial charge in [0, 0.05) is 25.6 Å². The first-order valence-corrected chi connectivity index (χ1v) is 8.50. The van der Waals surface area contributed by atoms with E-state index in [9.17, 15) is 14.7 Å². The van der Waals surface area contributed by atoms with Gasteiger partial charge in [-0.15, -0.1) is 0 Å². The Morgan fingerprint density at radius 1 is 1.18 bits per heavy atom. The molecule has 0 aromatic rings. The Morgan fingerprint density at radius 3 is 2.64 bits per heavy atom. The number of likely N-dealkylation sites (tertiary alicyclic amines) is 1. The smallest absolute Gasteiger partial charge is 0.226 e. The van der Waals surface area contributed by atoms with Crippen LogP contribution in [0.2, 0.25) is 0 Å². The molecule has 0 radical (unpaired) electrons. The fourth-order valence-electron chi connectivity index (χ4n) is 3.86. The summed E-state index contributed by atoms with van der Waals surface area (Å²) >= 11 is 0. The SMILES string of the molecule is O=C(NCC1CC1)C1CC2CN(C(=O)C3CC(O)C3)CC1O2. The van der Waals surface area contributed by atoms with Crippen molar-refractivity contribution in [2.24, 2.45) is 17.8 Å². The van der Waals surface area contributed by atoms with Gasteiger partial charge in [0.25, 0.3) is 0 Å². The Morgan fingerprint density at radius 2 is 1.95 bits per heavy atom. The first-order chi connectivity index (χ1) is 10.6. The fourth-order valence-corrected chi connectivity index (χ4v) is 3.86. The zero-order valence-electron chi connectivity index (χ0n) is 12.7. The summed E-state index contributed by atoms with van der Waals surface area (Å²) in [6, 6.07) is 0. The Labute approximate surface area is 130 Å². The number of nitrogens with zero attached hydrogens (tertiary/aromatic N) is 1. The highest BCUT2D eigenvalue weighted by Gasteiger charge is 2.47. The van der Waals surface area contributed by atoms with Crippen molar-refractivity contribution in [1.82, 2.24) is 10.2 Å². The molecule has 6 nitrogen and oxygen atoms in total. The van der Waals surface area contributed by atoms with Gasteiger partial charge in [0.05, 0.1) is 24.2 Å². The number of amides is 2. The molecular weight excluding hydrogens is 284 g/mol. The molecule has 122 valence electrons. The van der Waals surface area contributed by atoms with Gasteiger partial charge < -0.3 is 20.1 Å². The minimum Gasteiger partial charge on any atom is -0.393 e. The third kappa shape index (κ3) is 2.74. The van der Waals surface area contributed by atoms with Crippen LogP contribution in [0.3, 0.4) is 0 Å². The van der Waals surface area contributed by atoms with Crippen LogP contribution >= 0.6 is 0 Å². The standard InChI is InChI=1S/C16H24N2O4/c19-11-3-10(4-11)16(21)18-7-12-5-13(14(8-18)22-12)15(20)17-6-9-1-2-9/h9-14,19H,1-8H2,(H,17,20). The summed E-state index contributed by atoms with van der Waals surface area (Å²) in [5.41, 5.74) is 0. The first-order valence-electron chi connectivity index (χ1n) is 8.50. The van der Waals surface area contributed by atoms with Crippen molar-refractivity contribution >= 4 is 11.8 Å². The molecule has 2 aliphatic heterocycles. The van der Waals surface area contributed by atoms with Gasteiger partial charge in [0.2, 0.25) is 11.8 Å². The van der Waals surface area contributed by atoms with Crippen LogP contribution in [-0.2, 0) is 14.3 Å². The number of carbonyl (C=O) groups is 2. The number of rotatable bonds is 4. The van der Waals surface area contributed by atoms with Crippen LogP contribution in [0.4, 0.5) is 0 Å². The quantitative estimate of drug-likeness (QED) is 0.760. The maximum atomic E-state index is 12.4. The van der Waals surface area contributed by atoms with E-state index in [0.29, 0.717) is 31.8 Å². The molecule has 0 spiro atoms. The molecule has 2 aliphatic carbocycles. The van der Waals surface area contributed by atoms with E-state index in [1.165, 1.54) is 12.8 Å². The number of aliphatic hydroxyl groups is 1. The zero-order valence-corrected chi connectivity index (χ0v) is 12.7. The summed E-state index contributed by atoms with van der Waals surface area (Å²) in [5, 5.41) is 12.4. The highest BCUT2D eigenvalue weighted by Crippen LogP contribution is 2.35. The van der Waals surface area contributed by atoms with Crippen LogP contribution in [-0.4, -0.2) is 59.8 Å². The summed E-state index contributed by atoms with van der Waals surface area (Å²) in [6.07, 6.45) is 3.85. The number of carbonyl (C=O) groups excluding carboxylic acids is 2. The van der Waals surface area contributed by atoms with Crippen LogP contribution in [0, 0.1) is 17.8 Å². The van der Waals surface area contributed by atoms with Gasteiger partial charge in [-0.1, -0.05) is 0 Å². The van der Waals surface area contributed by atoms with Crippen molar-refractivity contribution < 1.29 is 19.4 Å². The highest BCUT2D eigenvalue weighted by atomic mass is 16.5. The number of hydrogen-bond acceptors (Lipinski definition) is 4. The summed E-state index contributed by atoms with van der Waals surface area (Å²) < 4.78 is 5.88. The molecule has 0 aromatic heterocycles.